The Morgan fingerprint density at radius 1 is 1.29 bits per heavy atom. The molecule has 0 saturated carbocycles. The second kappa shape index (κ2) is 8.00. The van der Waals surface area contributed by atoms with Gasteiger partial charge in [-0.25, -0.2) is 0 Å². The van der Waals surface area contributed by atoms with Crippen molar-refractivity contribution in [3.05, 3.63) is 29.8 Å². The van der Waals surface area contributed by atoms with Gasteiger partial charge >= 0.3 is 0 Å². The van der Waals surface area contributed by atoms with E-state index in [1.54, 1.807) is 24.3 Å². The Balaban J connectivity index is 0.00000220. The molecule has 1 unspecified atom stereocenters. The van der Waals surface area contributed by atoms with E-state index in [1.165, 1.54) is 6.42 Å². The van der Waals surface area contributed by atoms with Crippen molar-refractivity contribution in [1.82, 2.24) is 4.90 Å². The molecular weight excluding hydrogens is 290 g/mol. The Labute approximate surface area is 131 Å². The molecule has 1 saturated heterocycles. The van der Waals surface area contributed by atoms with Crippen molar-refractivity contribution >= 4 is 29.9 Å². The molecule has 6 heteroatoms. The van der Waals surface area contributed by atoms with Gasteiger partial charge in [-0.15, -0.1) is 12.4 Å². The highest BCUT2D eigenvalue weighted by atomic mass is 35.5. The molecule has 1 aromatic rings. The van der Waals surface area contributed by atoms with Gasteiger partial charge in [-0.05, 0) is 50.5 Å². The zero-order valence-electron chi connectivity index (χ0n) is 12.2. The van der Waals surface area contributed by atoms with Crippen molar-refractivity contribution in [2.45, 2.75) is 32.2 Å². The standard InChI is InChI=1S/C15H21N3O2.ClH/c1-11-4-2-3-9-18(11)15(20)12-5-7-13(8-6-12)17-14(19)10-16;/h5-8,11H,2-4,9-10,16H2,1H3,(H,17,19);1H. The SMILES string of the molecule is CC1CCCCN1C(=O)c1ccc(NC(=O)CN)cc1.Cl. The summed E-state index contributed by atoms with van der Waals surface area (Å²) in [5.74, 6) is -0.178. The van der Waals surface area contributed by atoms with Gasteiger partial charge in [0.25, 0.3) is 5.91 Å². The zero-order chi connectivity index (χ0) is 14.5. The van der Waals surface area contributed by atoms with Gasteiger partial charge in [0.15, 0.2) is 0 Å². The van der Waals surface area contributed by atoms with Crippen molar-refractivity contribution in [2.24, 2.45) is 5.73 Å². The molecule has 21 heavy (non-hydrogen) atoms. The summed E-state index contributed by atoms with van der Waals surface area (Å²) in [6.07, 6.45) is 3.33. The summed E-state index contributed by atoms with van der Waals surface area (Å²) >= 11 is 0. The summed E-state index contributed by atoms with van der Waals surface area (Å²) in [7, 11) is 0. The van der Waals surface area contributed by atoms with Gasteiger partial charge in [0, 0.05) is 23.8 Å². The van der Waals surface area contributed by atoms with Crippen LogP contribution in [0.3, 0.4) is 0 Å². The number of rotatable bonds is 3. The lowest BCUT2D eigenvalue weighted by Crippen LogP contribution is -2.42. The van der Waals surface area contributed by atoms with Crippen LogP contribution in [0, 0.1) is 0 Å². The number of nitrogens with two attached hydrogens (primary N) is 1. The smallest absolute Gasteiger partial charge is 0.254 e. The lowest BCUT2D eigenvalue weighted by atomic mass is 10.0. The molecule has 2 amide bonds. The maximum absolute atomic E-state index is 12.4. The average Bonchev–Trinajstić information content (AvgIpc) is 2.47. The number of hydrogen-bond acceptors (Lipinski definition) is 3. The van der Waals surface area contributed by atoms with Crippen molar-refractivity contribution in [2.75, 3.05) is 18.4 Å². The van der Waals surface area contributed by atoms with Crippen LogP contribution in [0.4, 0.5) is 5.69 Å². The largest absolute Gasteiger partial charge is 0.336 e. The Bertz CT molecular complexity index is 490. The number of likely N-dealkylation sites (tertiary alicyclic amines) is 1. The molecule has 1 atom stereocenters. The van der Waals surface area contributed by atoms with Gasteiger partial charge in [-0.3, -0.25) is 9.59 Å². The first-order valence-electron chi connectivity index (χ1n) is 7.03. The fourth-order valence-corrected chi connectivity index (χ4v) is 2.47. The van der Waals surface area contributed by atoms with E-state index in [1.807, 2.05) is 4.90 Å². The predicted molar refractivity (Wildman–Crippen MR) is 85.7 cm³/mol. The minimum atomic E-state index is -0.242. The van der Waals surface area contributed by atoms with Gasteiger partial charge in [-0.1, -0.05) is 0 Å². The Morgan fingerprint density at radius 3 is 2.52 bits per heavy atom. The summed E-state index contributed by atoms with van der Waals surface area (Å²) in [4.78, 5) is 25.5. The van der Waals surface area contributed by atoms with Crippen LogP contribution < -0.4 is 11.1 Å². The van der Waals surface area contributed by atoms with E-state index in [-0.39, 0.29) is 30.8 Å². The molecule has 2 rings (SSSR count). The van der Waals surface area contributed by atoms with Crippen LogP contribution in [0.1, 0.15) is 36.5 Å². The Hall–Kier alpha value is -1.59. The number of hydrogen-bond donors (Lipinski definition) is 2. The summed E-state index contributed by atoms with van der Waals surface area (Å²) in [6, 6.07) is 7.25. The van der Waals surface area contributed by atoms with E-state index < -0.39 is 0 Å². The third-order valence-electron chi connectivity index (χ3n) is 3.66. The van der Waals surface area contributed by atoms with Gasteiger partial charge in [0.05, 0.1) is 6.54 Å². The first kappa shape index (κ1) is 17.5. The fourth-order valence-electron chi connectivity index (χ4n) is 2.47. The summed E-state index contributed by atoms with van der Waals surface area (Å²) in [5.41, 5.74) is 6.55. The first-order chi connectivity index (χ1) is 9.61. The van der Waals surface area contributed by atoms with E-state index in [4.69, 9.17) is 5.73 Å². The highest BCUT2D eigenvalue weighted by Crippen LogP contribution is 2.20. The van der Waals surface area contributed by atoms with Gasteiger partial charge < -0.3 is 16.0 Å². The van der Waals surface area contributed by atoms with Crippen LogP contribution in [0.2, 0.25) is 0 Å². The minimum absolute atomic E-state index is 0. The topological polar surface area (TPSA) is 75.4 Å². The van der Waals surface area contributed by atoms with Crippen LogP contribution in [0.15, 0.2) is 24.3 Å². The molecule has 1 aliphatic heterocycles. The number of halogens is 1. The molecule has 0 aliphatic carbocycles. The fraction of sp³-hybridized carbons (Fsp3) is 0.467. The molecule has 0 bridgehead atoms. The number of nitrogens with one attached hydrogen (secondary N) is 1. The van der Waals surface area contributed by atoms with Gasteiger partial charge in [-0.2, -0.15) is 0 Å². The number of nitrogens with zero attached hydrogens (tertiary/aromatic N) is 1. The summed E-state index contributed by atoms with van der Waals surface area (Å²) in [6.45, 7) is 2.87. The van der Waals surface area contributed by atoms with Crippen LogP contribution in [0.5, 0.6) is 0 Å². The maximum atomic E-state index is 12.4. The number of carbonyl (C=O) groups is 2. The quantitative estimate of drug-likeness (QED) is 0.896. The molecule has 116 valence electrons. The lowest BCUT2D eigenvalue weighted by molar-refractivity contribution is -0.114. The summed E-state index contributed by atoms with van der Waals surface area (Å²) < 4.78 is 0. The lowest BCUT2D eigenvalue weighted by Gasteiger charge is -2.33. The second-order valence-electron chi connectivity index (χ2n) is 5.17. The van der Waals surface area contributed by atoms with Crippen molar-refractivity contribution < 1.29 is 9.59 Å². The van der Waals surface area contributed by atoms with Crippen LogP contribution in [0.25, 0.3) is 0 Å². The molecular formula is C15H22ClN3O2. The van der Waals surface area contributed by atoms with Gasteiger partial charge in [0.2, 0.25) is 5.91 Å². The molecule has 0 aromatic heterocycles. The van der Waals surface area contributed by atoms with Crippen molar-refractivity contribution in [1.29, 1.82) is 0 Å². The molecule has 1 aromatic carbocycles. The zero-order valence-corrected chi connectivity index (χ0v) is 13.0. The van der Waals surface area contributed by atoms with E-state index in [2.05, 4.69) is 12.2 Å². The number of carbonyl (C=O) groups excluding carboxylic acids is 2. The number of amides is 2. The van der Waals surface area contributed by atoms with Crippen molar-refractivity contribution in [3.8, 4) is 0 Å². The van der Waals surface area contributed by atoms with Crippen molar-refractivity contribution in [3.63, 3.8) is 0 Å². The van der Waals surface area contributed by atoms with E-state index in [9.17, 15) is 9.59 Å². The predicted octanol–water partition coefficient (Wildman–Crippen LogP) is 2.02. The number of anilines is 1. The minimum Gasteiger partial charge on any atom is -0.336 e. The van der Waals surface area contributed by atoms with Gasteiger partial charge in [0.1, 0.15) is 0 Å². The molecule has 1 fully saturated rings. The molecule has 1 aliphatic rings. The Morgan fingerprint density at radius 2 is 1.95 bits per heavy atom. The Kier molecular flexibility index (Phi) is 6.65. The van der Waals surface area contributed by atoms with Crippen LogP contribution in [-0.4, -0.2) is 35.8 Å². The normalized spacial score (nSPS) is 17.8. The highest BCUT2D eigenvalue weighted by molar-refractivity contribution is 5.96. The van der Waals surface area contributed by atoms with E-state index in [0.717, 1.165) is 19.4 Å². The molecule has 3 N–H and O–H groups in total. The molecule has 1 heterocycles. The number of benzene rings is 1. The van der Waals surface area contributed by atoms with E-state index >= 15 is 0 Å². The third-order valence-corrected chi connectivity index (χ3v) is 3.66. The highest BCUT2D eigenvalue weighted by Gasteiger charge is 2.23. The number of piperidine rings is 1. The molecule has 5 nitrogen and oxygen atoms in total. The van der Waals surface area contributed by atoms with Crippen LogP contribution in [-0.2, 0) is 4.79 Å². The first-order valence-corrected chi connectivity index (χ1v) is 7.03. The second-order valence-corrected chi connectivity index (χ2v) is 5.17. The van der Waals surface area contributed by atoms with E-state index in [0.29, 0.717) is 17.3 Å². The molecule has 0 radical (unpaired) electrons. The van der Waals surface area contributed by atoms with Crippen LogP contribution >= 0.6 is 12.4 Å². The monoisotopic (exact) mass is 311 g/mol. The summed E-state index contributed by atoms with van der Waals surface area (Å²) in [5, 5.41) is 2.66. The maximum Gasteiger partial charge on any atom is 0.254 e. The average molecular weight is 312 g/mol. The third kappa shape index (κ3) is 4.44. The molecule has 0 spiro atoms.